The molecule has 1 fully saturated rings. The molecule has 98 valence electrons. The molecule has 2 atom stereocenters. The van der Waals surface area contributed by atoms with Gasteiger partial charge in [-0.25, -0.2) is 0 Å². The Kier molecular flexibility index (Phi) is 4.37. The fourth-order valence-electron chi connectivity index (χ4n) is 1.80. The van der Waals surface area contributed by atoms with Gasteiger partial charge in [0.1, 0.15) is 11.8 Å². The van der Waals surface area contributed by atoms with Crippen LogP contribution < -0.4 is 10.1 Å². The Balaban J connectivity index is 2.22. The van der Waals surface area contributed by atoms with Crippen molar-refractivity contribution in [2.24, 2.45) is 0 Å². The number of carboxylic acids is 1. The number of hydrogen-bond acceptors (Lipinski definition) is 4. The summed E-state index contributed by atoms with van der Waals surface area (Å²) >= 11 is 7.54. The Morgan fingerprint density at radius 2 is 2.44 bits per heavy atom. The Morgan fingerprint density at radius 1 is 1.67 bits per heavy atom. The van der Waals surface area contributed by atoms with Crippen LogP contribution in [0.25, 0.3) is 0 Å². The SMILES string of the molecule is CCOc1ccc(Cl)cc1[C@H]1N[C@@H](C(=O)O)CS1. The van der Waals surface area contributed by atoms with Gasteiger partial charge in [0.2, 0.25) is 0 Å². The van der Waals surface area contributed by atoms with E-state index in [0.29, 0.717) is 17.4 Å². The van der Waals surface area contributed by atoms with Crippen LogP contribution in [-0.2, 0) is 4.79 Å². The summed E-state index contributed by atoms with van der Waals surface area (Å²) in [6, 6.07) is 4.89. The summed E-state index contributed by atoms with van der Waals surface area (Å²) in [5.74, 6) is 0.459. The number of rotatable bonds is 4. The molecule has 6 heteroatoms. The highest BCUT2D eigenvalue weighted by Gasteiger charge is 2.31. The van der Waals surface area contributed by atoms with Gasteiger partial charge in [-0.2, -0.15) is 0 Å². The summed E-state index contributed by atoms with van der Waals surface area (Å²) in [5.41, 5.74) is 0.901. The molecule has 1 aromatic carbocycles. The first-order valence-corrected chi connectivity index (χ1v) is 7.07. The van der Waals surface area contributed by atoms with Crippen LogP contribution in [0.5, 0.6) is 5.75 Å². The van der Waals surface area contributed by atoms with Crippen molar-refractivity contribution in [2.45, 2.75) is 18.3 Å². The molecule has 1 aliphatic rings. The van der Waals surface area contributed by atoms with Crippen molar-refractivity contribution in [1.82, 2.24) is 5.32 Å². The number of halogens is 1. The Morgan fingerprint density at radius 3 is 3.06 bits per heavy atom. The van der Waals surface area contributed by atoms with E-state index >= 15 is 0 Å². The van der Waals surface area contributed by atoms with Crippen molar-refractivity contribution in [1.29, 1.82) is 0 Å². The van der Waals surface area contributed by atoms with E-state index in [-0.39, 0.29) is 5.37 Å². The summed E-state index contributed by atoms with van der Waals surface area (Å²) < 4.78 is 5.54. The molecule has 1 aliphatic heterocycles. The highest BCUT2D eigenvalue weighted by atomic mass is 35.5. The van der Waals surface area contributed by atoms with E-state index in [4.69, 9.17) is 21.4 Å². The molecule has 0 spiro atoms. The molecule has 0 amide bonds. The first-order chi connectivity index (χ1) is 8.61. The van der Waals surface area contributed by atoms with Crippen molar-refractivity contribution < 1.29 is 14.6 Å². The third-order valence-corrected chi connectivity index (χ3v) is 4.12. The number of nitrogens with one attached hydrogen (secondary N) is 1. The zero-order valence-electron chi connectivity index (χ0n) is 9.85. The number of ether oxygens (including phenoxy) is 1. The van der Waals surface area contributed by atoms with Crippen LogP contribution in [0.15, 0.2) is 18.2 Å². The second-order valence-electron chi connectivity index (χ2n) is 3.89. The minimum Gasteiger partial charge on any atom is -0.494 e. The van der Waals surface area contributed by atoms with Crippen LogP contribution in [0.4, 0.5) is 0 Å². The molecule has 0 aliphatic carbocycles. The van der Waals surface area contributed by atoms with Crippen molar-refractivity contribution in [3.63, 3.8) is 0 Å². The third kappa shape index (κ3) is 2.91. The van der Waals surface area contributed by atoms with Crippen molar-refractivity contribution in [2.75, 3.05) is 12.4 Å². The lowest BCUT2D eigenvalue weighted by Crippen LogP contribution is -2.33. The fourth-order valence-corrected chi connectivity index (χ4v) is 3.23. The maximum Gasteiger partial charge on any atom is 0.321 e. The van der Waals surface area contributed by atoms with Crippen LogP contribution >= 0.6 is 23.4 Å². The molecule has 0 aromatic heterocycles. The molecule has 1 heterocycles. The lowest BCUT2D eigenvalue weighted by molar-refractivity contribution is -0.138. The quantitative estimate of drug-likeness (QED) is 0.891. The maximum absolute atomic E-state index is 10.9. The predicted molar refractivity (Wildman–Crippen MR) is 72.4 cm³/mol. The minimum absolute atomic E-state index is 0.0913. The summed E-state index contributed by atoms with van der Waals surface area (Å²) in [5, 5.41) is 12.6. The largest absolute Gasteiger partial charge is 0.494 e. The lowest BCUT2D eigenvalue weighted by Gasteiger charge is -2.16. The minimum atomic E-state index is -0.829. The van der Waals surface area contributed by atoms with Crippen molar-refractivity contribution in [3.05, 3.63) is 28.8 Å². The van der Waals surface area contributed by atoms with E-state index in [1.165, 1.54) is 0 Å². The molecule has 0 saturated carbocycles. The number of benzene rings is 1. The molecule has 4 nitrogen and oxygen atoms in total. The van der Waals surface area contributed by atoms with E-state index in [9.17, 15) is 4.79 Å². The average molecular weight is 288 g/mol. The van der Waals surface area contributed by atoms with E-state index in [0.717, 1.165) is 11.3 Å². The Hall–Kier alpha value is -0.910. The van der Waals surface area contributed by atoms with Gasteiger partial charge in [-0.3, -0.25) is 10.1 Å². The molecule has 18 heavy (non-hydrogen) atoms. The second-order valence-corrected chi connectivity index (χ2v) is 5.46. The molecular formula is C12H14ClNO3S. The summed E-state index contributed by atoms with van der Waals surface area (Å²) in [6.07, 6.45) is 0. The van der Waals surface area contributed by atoms with Crippen LogP contribution in [0.1, 0.15) is 17.9 Å². The molecule has 0 bridgehead atoms. The van der Waals surface area contributed by atoms with Crippen LogP contribution in [0, 0.1) is 0 Å². The first kappa shape index (κ1) is 13.5. The molecule has 1 saturated heterocycles. The number of carbonyl (C=O) groups is 1. The normalized spacial score (nSPS) is 23.0. The van der Waals surface area contributed by atoms with E-state index in [1.807, 2.05) is 19.1 Å². The smallest absolute Gasteiger partial charge is 0.321 e. The summed E-state index contributed by atoms with van der Waals surface area (Å²) in [4.78, 5) is 10.9. The number of thioether (sulfide) groups is 1. The predicted octanol–water partition coefficient (Wildman–Crippen LogP) is 2.53. The van der Waals surface area contributed by atoms with Crippen LogP contribution in [0.3, 0.4) is 0 Å². The lowest BCUT2D eigenvalue weighted by atomic mass is 10.2. The van der Waals surface area contributed by atoms with Gasteiger partial charge in [0.05, 0.1) is 12.0 Å². The molecule has 2 N–H and O–H groups in total. The zero-order valence-corrected chi connectivity index (χ0v) is 11.4. The molecule has 1 aromatic rings. The molecular weight excluding hydrogens is 274 g/mol. The first-order valence-electron chi connectivity index (χ1n) is 5.64. The molecule has 0 unspecified atom stereocenters. The van der Waals surface area contributed by atoms with Crippen LogP contribution in [-0.4, -0.2) is 29.5 Å². The van der Waals surface area contributed by atoms with Gasteiger partial charge in [-0.15, -0.1) is 11.8 Å². The van der Waals surface area contributed by atoms with Gasteiger partial charge in [0.15, 0.2) is 0 Å². The van der Waals surface area contributed by atoms with Gasteiger partial charge >= 0.3 is 5.97 Å². The van der Waals surface area contributed by atoms with E-state index in [1.54, 1.807) is 17.8 Å². The zero-order chi connectivity index (χ0) is 13.1. The Labute approximate surface area is 115 Å². The number of aliphatic carboxylic acids is 1. The standard InChI is InChI=1S/C12H14ClNO3S/c1-2-17-10-4-3-7(13)5-8(10)11-14-9(6-18-11)12(15)16/h3-5,9,11,14H,2,6H2,1H3,(H,15,16)/t9-,11+/m1/s1. The topological polar surface area (TPSA) is 58.6 Å². The van der Waals surface area contributed by atoms with Gasteiger partial charge < -0.3 is 9.84 Å². The summed E-state index contributed by atoms with van der Waals surface area (Å²) in [6.45, 7) is 2.47. The third-order valence-electron chi connectivity index (χ3n) is 2.63. The van der Waals surface area contributed by atoms with Gasteiger partial charge in [-0.05, 0) is 25.1 Å². The van der Waals surface area contributed by atoms with E-state index in [2.05, 4.69) is 5.32 Å². The van der Waals surface area contributed by atoms with E-state index < -0.39 is 12.0 Å². The number of hydrogen-bond donors (Lipinski definition) is 2. The van der Waals surface area contributed by atoms with Gasteiger partial charge in [-0.1, -0.05) is 11.6 Å². The highest BCUT2D eigenvalue weighted by molar-refractivity contribution is 7.99. The summed E-state index contributed by atoms with van der Waals surface area (Å²) in [7, 11) is 0. The second kappa shape index (κ2) is 5.82. The highest BCUT2D eigenvalue weighted by Crippen LogP contribution is 2.38. The fraction of sp³-hybridized carbons (Fsp3) is 0.417. The van der Waals surface area contributed by atoms with Crippen molar-refractivity contribution >= 4 is 29.3 Å². The molecule has 2 rings (SSSR count). The average Bonchev–Trinajstić information content (AvgIpc) is 2.81. The molecule has 0 radical (unpaired) electrons. The van der Waals surface area contributed by atoms with Crippen LogP contribution in [0.2, 0.25) is 5.02 Å². The number of carboxylic acid groups (broad SMARTS) is 1. The monoisotopic (exact) mass is 287 g/mol. The van der Waals surface area contributed by atoms with Gasteiger partial charge in [0.25, 0.3) is 0 Å². The van der Waals surface area contributed by atoms with Crippen molar-refractivity contribution in [3.8, 4) is 5.75 Å². The maximum atomic E-state index is 10.9. The Bertz CT molecular complexity index is 455. The van der Waals surface area contributed by atoms with Gasteiger partial charge in [0, 0.05) is 16.3 Å².